The molecule has 0 N–H and O–H groups in total. The Morgan fingerprint density at radius 3 is 1.94 bits per heavy atom. The summed E-state index contributed by atoms with van der Waals surface area (Å²) < 4.78 is 29.4. The minimum Gasteiger partial charge on any atom is -0.494 e. The summed E-state index contributed by atoms with van der Waals surface area (Å²) in [4.78, 5) is 0. The zero-order valence-electron chi connectivity index (χ0n) is 20.0. The van der Waals surface area contributed by atoms with Crippen LogP contribution in [0.5, 0.6) is 5.75 Å². The van der Waals surface area contributed by atoms with E-state index in [1.165, 1.54) is 5.56 Å². The van der Waals surface area contributed by atoms with Crippen molar-refractivity contribution in [3.05, 3.63) is 60.2 Å². The molecule has 3 rings (SSSR count). The van der Waals surface area contributed by atoms with E-state index >= 15 is 0 Å². The monoisotopic (exact) mass is 440 g/mol. The summed E-state index contributed by atoms with van der Waals surface area (Å²) in [7, 11) is -0.341. The Morgan fingerprint density at radius 2 is 1.28 bits per heavy atom. The molecule has 32 heavy (non-hydrogen) atoms. The van der Waals surface area contributed by atoms with Crippen molar-refractivity contribution in [3.63, 3.8) is 0 Å². The summed E-state index contributed by atoms with van der Waals surface area (Å²) in [5.41, 5.74) is 1.56. The lowest BCUT2D eigenvalue weighted by Gasteiger charge is -2.32. The maximum atomic E-state index is 6.09. The first kappa shape index (κ1) is 24.8. The van der Waals surface area contributed by atoms with Crippen molar-refractivity contribution in [1.29, 1.82) is 0 Å². The average molecular weight is 440 g/mol. The molecule has 2 aromatic carbocycles. The van der Waals surface area contributed by atoms with Gasteiger partial charge in [-0.05, 0) is 63.7 Å². The molecule has 1 aliphatic rings. The van der Waals surface area contributed by atoms with Crippen LogP contribution in [0.15, 0.2) is 54.6 Å². The second kappa shape index (κ2) is 11.8. The number of benzene rings is 2. The second-order valence-corrected chi connectivity index (χ2v) is 9.22. The molecule has 1 saturated heterocycles. The Hall–Kier alpha value is -1.86. The van der Waals surface area contributed by atoms with Crippen molar-refractivity contribution in [2.24, 2.45) is 0 Å². The fraction of sp³-hybridized carbons (Fsp3) is 0.538. The Balaban J connectivity index is 1.20. The van der Waals surface area contributed by atoms with E-state index in [9.17, 15) is 0 Å². The molecule has 1 heterocycles. The minimum absolute atomic E-state index is 0.331. The van der Waals surface area contributed by atoms with Crippen molar-refractivity contribution in [2.75, 3.05) is 26.4 Å². The quantitative estimate of drug-likeness (QED) is 0.332. The Bertz CT molecular complexity index is 776. The van der Waals surface area contributed by atoms with Crippen molar-refractivity contribution >= 4 is 12.6 Å². The van der Waals surface area contributed by atoms with Crippen molar-refractivity contribution in [2.45, 2.75) is 64.8 Å². The summed E-state index contributed by atoms with van der Waals surface area (Å²) in [5, 5.41) is 0. The van der Waals surface area contributed by atoms with Crippen LogP contribution < -0.4 is 10.2 Å². The first-order valence-electron chi connectivity index (χ1n) is 11.7. The van der Waals surface area contributed by atoms with E-state index in [1.807, 2.05) is 42.5 Å². The molecule has 0 aliphatic carbocycles. The first-order valence-corrected chi connectivity index (χ1v) is 11.7. The van der Waals surface area contributed by atoms with Gasteiger partial charge in [-0.1, -0.05) is 42.5 Å². The molecular formula is C26H37BO5. The lowest BCUT2D eigenvalue weighted by Crippen LogP contribution is -2.41. The normalized spacial score (nSPS) is 16.9. The third kappa shape index (κ3) is 7.34. The van der Waals surface area contributed by atoms with E-state index in [-0.39, 0.29) is 18.3 Å². The summed E-state index contributed by atoms with van der Waals surface area (Å²) in [6, 6.07) is 18.2. The molecule has 0 saturated carbocycles. The Labute approximate surface area is 193 Å². The average Bonchev–Trinajstić information content (AvgIpc) is 3.00. The van der Waals surface area contributed by atoms with Gasteiger partial charge in [0.15, 0.2) is 0 Å². The number of rotatable bonds is 13. The zero-order valence-corrected chi connectivity index (χ0v) is 20.0. The zero-order chi connectivity index (χ0) is 22.9. The molecule has 1 fully saturated rings. The van der Waals surface area contributed by atoms with Gasteiger partial charge in [0.2, 0.25) is 0 Å². The van der Waals surface area contributed by atoms with E-state index in [4.69, 9.17) is 23.5 Å². The van der Waals surface area contributed by atoms with Crippen LogP contribution >= 0.6 is 0 Å². The van der Waals surface area contributed by atoms with Gasteiger partial charge >= 0.3 is 7.12 Å². The van der Waals surface area contributed by atoms with Crippen molar-refractivity contribution < 1.29 is 23.5 Å². The lowest BCUT2D eigenvalue weighted by molar-refractivity contribution is 0.00578. The molecule has 0 atom stereocenters. The van der Waals surface area contributed by atoms with Crippen LogP contribution in [-0.2, 0) is 25.4 Å². The first-order chi connectivity index (χ1) is 15.4. The van der Waals surface area contributed by atoms with E-state index in [1.54, 1.807) is 0 Å². The number of unbranched alkanes of at least 4 members (excludes halogenated alkanes) is 1. The number of ether oxygens (including phenoxy) is 3. The highest BCUT2D eigenvalue weighted by molar-refractivity contribution is 6.62. The third-order valence-electron chi connectivity index (χ3n) is 6.05. The van der Waals surface area contributed by atoms with Crippen molar-refractivity contribution in [1.82, 2.24) is 0 Å². The molecule has 0 aromatic heterocycles. The van der Waals surface area contributed by atoms with Crippen LogP contribution in [0.1, 0.15) is 52.5 Å². The highest BCUT2D eigenvalue weighted by Gasteiger charge is 2.51. The maximum absolute atomic E-state index is 6.09. The van der Waals surface area contributed by atoms with Gasteiger partial charge in [-0.2, -0.15) is 0 Å². The molecule has 0 unspecified atom stereocenters. The molecule has 174 valence electrons. The predicted octanol–water partition coefficient (Wildman–Crippen LogP) is 4.77. The van der Waals surface area contributed by atoms with Crippen LogP contribution in [0.25, 0.3) is 0 Å². The molecule has 0 bridgehead atoms. The van der Waals surface area contributed by atoms with Crippen LogP contribution in [0.2, 0.25) is 0 Å². The summed E-state index contributed by atoms with van der Waals surface area (Å²) in [6.45, 7) is 11.8. The minimum atomic E-state index is -0.341. The molecule has 0 amide bonds. The molecule has 6 heteroatoms. The van der Waals surface area contributed by atoms with Gasteiger partial charge in [-0.25, -0.2) is 0 Å². The molecule has 0 radical (unpaired) electrons. The Kier molecular flexibility index (Phi) is 9.17. The standard InChI is InChI=1S/C26H37BO5/c1-25(2)26(3,4)32-27(31-25)23-13-15-24(16-14-23)30-20-10-19-28-17-8-9-18-29-21-22-11-6-5-7-12-22/h5-7,11-16H,8-10,17-21H2,1-4H3. The smallest absolute Gasteiger partial charge is 0.494 e. The van der Waals surface area contributed by atoms with Gasteiger partial charge in [0, 0.05) is 26.2 Å². The van der Waals surface area contributed by atoms with Gasteiger partial charge in [0.1, 0.15) is 5.75 Å². The van der Waals surface area contributed by atoms with Gasteiger partial charge in [-0.3, -0.25) is 0 Å². The fourth-order valence-corrected chi connectivity index (χ4v) is 3.33. The fourth-order valence-electron chi connectivity index (χ4n) is 3.33. The van der Waals surface area contributed by atoms with E-state index in [0.717, 1.165) is 43.7 Å². The summed E-state index contributed by atoms with van der Waals surface area (Å²) in [5.74, 6) is 0.848. The predicted molar refractivity (Wildman–Crippen MR) is 128 cm³/mol. The highest BCUT2D eigenvalue weighted by Crippen LogP contribution is 2.36. The number of hydrogen-bond acceptors (Lipinski definition) is 5. The van der Waals surface area contributed by atoms with Crippen LogP contribution in [-0.4, -0.2) is 44.7 Å². The molecule has 1 aliphatic heterocycles. The topological polar surface area (TPSA) is 46.2 Å². The van der Waals surface area contributed by atoms with Gasteiger partial charge < -0.3 is 23.5 Å². The van der Waals surface area contributed by atoms with Gasteiger partial charge in [0.05, 0.1) is 24.4 Å². The molecular weight excluding hydrogens is 403 g/mol. The largest absolute Gasteiger partial charge is 0.494 e. The van der Waals surface area contributed by atoms with Crippen LogP contribution in [0.4, 0.5) is 0 Å². The molecule has 5 nitrogen and oxygen atoms in total. The highest BCUT2D eigenvalue weighted by atomic mass is 16.7. The van der Waals surface area contributed by atoms with Crippen LogP contribution in [0, 0.1) is 0 Å². The third-order valence-corrected chi connectivity index (χ3v) is 6.05. The Morgan fingerprint density at radius 1 is 0.688 bits per heavy atom. The van der Waals surface area contributed by atoms with Crippen molar-refractivity contribution in [3.8, 4) is 5.75 Å². The SMILES string of the molecule is CC1(C)OB(c2ccc(OCCCOCCCCOCc3ccccc3)cc2)OC1(C)C. The molecule has 0 spiro atoms. The maximum Gasteiger partial charge on any atom is 0.494 e. The van der Waals surface area contributed by atoms with E-state index in [0.29, 0.717) is 19.8 Å². The molecule has 2 aromatic rings. The van der Waals surface area contributed by atoms with E-state index in [2.05, 4.69) is 39.8 Å². The second-order valence-electron chi connectivity index (χ2n) is 9.22. The van der Waals surface area contributed by atoms with Gasteiger partial charge in [-0.15, -0.1) is 0 Å². The summed E-state index contributed by atoms with van der Waals surface area (Å²) >= 11 is 0. The summed E-state index contributed by atoms with van der Waals surface area (Å²) in [6.07, 6.45) is 2.89. The van der Waals surface area contributed by atoms with Gasteiger partial charge in [0.25, 0.3) is 0 Å². The van der Waals surface area contributed by atoms with E-state index < -0.39 is 0 Å². The number of hydrogen-bond donors (Lipinski definition) is 0. The van der Waals surface area contributed by atoms with Crippen LogP contribution in [0.3, 0.4) is 0 Å². The lowest BCUT2D eigenvalue weighted by atomic mass is 9.79.